The van der Waals surface area contributed by atoms with Gasteiger partial charge < -0.3 is 20.7 Å². The van der Waals surface area contributed by atoms with Crippen molar-refractivity contribution in [2.24, 2.45) is 10.7 Å². The predicted octanol–water partition coefficient (Wildman–Crippen LogP) is 2.68. The maximum Gasteiger partial charge on any atom is 0.188 e. The molecule has 0 unspecified atom stereocenters. The summed E-state index contributed by atoms with van der Waals surface area (Å²) in [6.45, 7) is 3.01. The van der Waals surface area contributed by atoms with Gasteiger partial charge >= 0.3 is 0 Å². The summed E-state index contributed by atoms with van der Waals surface area (Å²) in [5, 5.41) is 3.12. The molecule has 2 aromatic rings. The summed E-state index contributed by atoms with van der Waals surface area (Å²) in [6, 6.07) is 13.9. The lowest BCUT2D eigenvalue weighted by Gasteiger charge is -2.10. The van der Waals surface area contributed by atoms with Gasteiger partial charge in [0, 0.05) is 31.4 Å². The van der Waals surface area contributed by atoms with Gasteiger partial charge in [-0.05, 0) is 50.3 Å². The van der Waals surface area contributed by atoms with Gasteiger partial charge in [0.25, 0.3) is 0 Å². The van der Waals surface area contributed by atoms with Gasteiger partial charge in [-0.2, -0.15) is 0 Å². The Morgan fingerprint density at radius 3 is 2.63 bits per heavy atom. The van der Waals surface area contributed by atoms with Crippen LogP contribution in [0, 0.1) is 0 Å². The van der Waals surface area contributed by atoms with E-state index in [9.17, 15) is 0 Å². The Bertz CT molecular complexity index is 662. The molecule has 0 aliphatic heterocycles. The summed E-state index contributed by atoms with van der Waals surface area (Å²) in [5.74, 6) is 1.34. The van der Waals surface area contributed by atoms with E-state index in [-0.39, 0.29) is 24.0 Å². The van der Waals surface area contributed by atoms with Crippen molar-refractivity contribution in [1.29, 1.82) is 0 Å². The topological polar surface area (TPSA) is 75.8 Å². The molecule has 1 aromatic heterocycles. The third-order valence-electron chi connectivity index (χ3n) is 3.79. The Kier molecular flexibility index (Phi) is 11.4. The van der Waals surface area contributed by atoms with Crippen molar-refractivity contribution >= 4 is 29.9 Å². The van der Waals surface area contributed by atoms with Crippen molar-refractivity contribution in [3.63, 3.8) is 0 Å². The lowest BCUT2D eigenvalue weighted by atomic mass is 10.2. The first kappa shape index (κ1) is 23.2. The average Bonchev–Trinajstić information content (AvgIpc) is 2.65. The van der Waals surface area contributed by atoms with Gasteiger partial charge in [0.05, 0.1) is 13.2 Å². The Labute approximate surface area is 179 Å². The maximum atomic E-state index is 5.91. The van der Waals surface area contributed by atoms with Crippen LogP contribution in [0.1, 0.15) is 17.7 Å². The molecular weight excluding hydrogens is 453 g/mol. The van der Waals surface area contributed by atoms with E-state index in [4.69, 9.17) is 10.5 Å². The number of halogens is 1. The van der Waals surface area contributed by atoms with E-state index in [1.54, 1.807) is 6.20 Å². The summed E-state index contributed by atoms with van der Waals surface area (Å²) in [7, 11) is 4.13. The first-order chi connectivity index (χ1) is 12.6. The van der Waals surface area contributed by atoms with E-state index in [1.165, 1.54) is 0 Å². The van der Waals surface area contributed by atoms with Crippen LogP contribution >= 0.6 is 24.0 Å². The molecule has 2 rings (SSSR count). The van der Waals surface area contributed by atoms with E-state index in [2.05, 4.69) is 34.3 Å². The molecule has 0 saturated carbocycles. The second kappa shape index (κ2) is 13.3. The minimum atomic E-state index is 0. The summed E-state index contributed by atoms with van der Waals surface area (Å²) in [6.07, 6.45) is 3.62. The SMILES string of the molecule is CN(C)CCCOc1ccc(CN=C(N)NCCc2ccccn2)cc1.I. The zero-order chi connectivity index (χ0) is 18.6. The van der Waals surface area contributed by atoms with Crippen molar-refractivity contribution in [1.82, 2.24) is 15.2 Å². The molecule has 6 nitrogen and oxygen atoms in total. The number of nitrogens with one attached hydrogen (secondary N) is 1. The number of nitrogens with two attached hydrogens (primary N) is 1. The van der Waals surface area contributed by atoms with Crippen molar-refractivity contribution in [3.05, 3.63) is 59.9 Å². The van der Waals surface area contributed by atoms with E-state index >= 15 is 0 Å². The average molecular weight is 483 g/mol. The van der Waals surface area contributed by atoms with Gasteiger partial charge in [-0.15, -0.1) is 24.0 Å². The zero-order valence-electron chi connectivity index (χ0n) is 16.1. The van der Waals surface area contributed by atoms with Crippen molar-refractivity contribution in [3.8, 4) is 5.75 Å². The molecule has 27 heavy (non-hydrogen) atoms. The van der Waals surface area contributed by atoms with Gasteiger partial charge in [-0.25, -0.2) is 4.99 Å². The lowest BCUT2D eigenvalue weighted by molar-refractivity contribution is 0.281. The second-order valence-corrected chi connectivity index (χ2v) is 6.35. The largest absolute Gasteiger partial charge is 0.494 e. The van der Waals surface area contributed by atoms with Gasteiger partial charge in [-0.1, -0.05) is 18.2 Å². The van der Waals surface area contributed by atoms with Gasteiger partial charge in [0.2, 0.25) is 0 Å². The maximum absolute atomic E-state index is 5.91. The Morgan fingerprint density at radius 1 is 1.19 bits per heavy atom. The standard InChI is InChI=1S/C20H29N5O.HI/c1-25(2)14-5-15-26-19-9-7-17(8-10-19)16-24-20(21)23-13-11-18-6-3-4-12-22-18;/h3-4,6-10,12H,5,11,13-16H2,1-2H3,(H3,21,23,24);1H. The number of guanidine groups is 1. The number of benzene rings is 1. The minimum absolute atomic E-state index is 0. The van der Waals surface area contributed by atoms with Gasteiger partial charge in [0.1, 0.15) is 5.75 Å². The van der Waals surface area contributed by atoms with E-state index < -0.39 is 0 Å². The van der Waals surface area contributed by atoms with E-state index in [1.807, 2.05) is 42.5 Å². The summed E-state index contributed by atoms with van der Waals surface area (Å²) in [4.78, 5) is 10.8. The molecule has 0 saturated heterocycles. The summed E-state index contributed by atoms with van der Waals surface area (Å²) in [5.41, 5.74) is 8.04. The highest BCUT2D eigenvalue weighted by Crippen LogP contribution is 2.13. The molecule has 0 fully saturated rings. The highest BCUT2D eigenvalue weighted by molar-refractivity contribution is 14.0. The van der Waals surface area contributed by atoms with Crippen LogP contribution in [0.2, 0.25) is 0 Å². The fourth-order valence-electron chi connectivity index (χ4n) is 2.36. The van der Waals surface area contributed by atoms with Crippen LogP contribution in [0.4, 0.5) is 0 Å². The number of aliphatic imine (C=N–C) groups is 1. The number of hydrogen-bond acceptors (Lipinski definition) is 4. The van der Waals surface area contributed by atoms with Crippen molar-refractivity contribution < 1.29 is 4.74 Å². The number of nitrogens with zero attached hydrogens (tertiary/aromatic N) is 3. The van der Waals surface area contributed by atoms with Gasteiger partial charge in [0.15, 0.2) is 5.96 Å². The Balaban J connectivity index is 0.00000364. The van der Waals surface area contributed by atoms with Crippen molar-refractivity contribution in [2.45, 2.75) is 19.4 Å². The molecule has 1 heterocycles. The smallest absolute Gasteiger partial charge is 0.188 e. The fraction of sp³-hybridized carbons (Fsp3) is 0.400. The third-order valence-corrected chi connectivity index (χ3v) is 3.79. The van der Waals surface area contributed by atoms with E-state index in [0.717, 1.165) is 43.0 Å². The van der Waals surface area contributed by atoms with Crippen LogP contribution in [-0.2, 0) is 13.0 Å². The lowest BCUT2D eigenvalue weighted by Crippen LogP contribution is -2.33. The molecule has 7 heteroatoms. The number of ether oxygens (including phenoxy) is 1. The fourth-order valence-corrected chi connectivity index (χ4v) is 2.36. The first-order valence-corrected chi connectivity index (χ1v) is 8.93. The van der Waals surface area contributed by atoms with Crippen molar-refractivity contribution in [2.75, 3.05) is 33.8 Å². The molecule has 0 spiro atoms. The number of aromatic nitrogens is 1. The molecule has 148 valence electrons. The minimum Gasteiger partial charge on any atom is -0.494 e. The molecule has 0 bridgehead atoms. The second-order valence-electron chi connectivity index (χ2n) is 6.35. The Morgan fingerprint density at radius 2 is 1.96 bits per heavy atom. The molecule has 3 N–H and O–H groups in total. The molecule has 0 amide bonds. The normalized spacial score (nSPS) is 11.1. The molecule has 0 aliphatic rings. The van der Waals surface area contributed by atoms with Gasteiger partial charge in [-0.3, -0.25) is 4.98 Å². The Hall–Kier alpha value is -1.87. The van der Waals surface area contributed by atoms with Crippen LogP contribution < -0.4 is 15.8 Å². The molecule has 0 atom stereocenters. The molecule has 0 radical (unpaired) electrons. The summed E-state index contributed by atoms with van der Waals surface area (Å²) >= 11 is 0. The van der Waals surface area contributed by atoms with Crippen LogP contribution in [0.15, 0.2) is 53.7 Å². The summed E-state index contributed by atoms with van der Waals surface area (Å²) < 4.78 is 5.73. The highest BCUT2D eigenvalue weighted by Gasteiger charge is 1.98. The number of hydrogen-bond donors (Lipinski definition) is 2. The molecular formula is C20H30IN5O. The quantitative estimate of drug-likeness (QED) is 0.235. The highest BCUT2D eigenvalue weighted by atomic mass is 127. The van der Waals surface area contributed by atoms with E-state index in [0.29, 0.717) is 19.0 Å². The van der Waals surface area contributed by atoms with Crippen LogP contribution in [-0.4, -0.2) is 49.6 Å². The number of rotatable bonds is 10. The zero-order valence-corrected chi connectivity index (χ0v) is 18.4. The number of pyridine rings is 1. The molecule has 1 aromatic carbocycles. The first-order valence-electron chi connectivity index (χ1n) is 8.93. The van der Waals surface area contributed by atoms with Crippen LogP contribution in [0.5, 0.6) is 5.75 Å². The van der Waals surface area contributed by atoms with Crippen LogP contribution in [0.3, 0.4) is 0 Å². The third kappa shape index (κ3) is 10.1. The predicted molar refractivity (Wildman–Crippen MR) is 122 cm³/mol. The molecule has 0 aliphatic carbocycles. The monoisotopic (exact) mass is 483 g/mol. The van der Waals surface area contributed by atoms with Crippen LogP contribution in [0.25, 0.3) is 0 Å².